The number of carbonyl (C=O) groups is 1. The average Bonchev–Trinajstić information content (AvgIpc) is 2.70. The lowest BCUT2D eigenvalue weighted by Gasteiger charge is -2.03. The number of aldehydes is 1. The van der Waals surface area contributed by atoms with Crippen LogP contribution in [-0.4, -0.2) is 16.4 Å². The number of rotatable bonds is 3. The molecule has 2 rings (SSSR count). The van der Waals surface area contributed by atoms with E-state index in [0.29, 0.717) is 21.7 Å². The van der Waals surface area contributed by atoms with Gasteiger partial charge in [0.15, 0.2) is 6.29 Å². The molecular formula is C9H11NO2S. The van der Waals surface area contributed by atoms with E-state index in [1.165, 1.54) is 17.5 Å². The molecule has 1 aliphatic rings. The Bertz CT molecular complexity index is 323. The van der Waals surface area contributed by atoms with Gasteiger partial charge in [0.2, 0.25) is 0 Å². The third kappa shape index (κ3) is 1.64. The van der Waals surface area contributed by atoms with Gasteiger partial charge in [-0.2, -0.15) is 0 Å². The van der Waals surface area contributed by atoms with Gasteiger partial charge in [-0.05, 0) is 18.3 Å². The molecule has 0 aromatic carbocycles. The standard InChI is InChI=1S/C9H11NO2S/c1-5-2-7(5)8(12)9-10-3-6(4-11)13-9/h3-5,7-8,12H,2H2,1H3. The molecule has 3 unspecified atom stereocenters. The molecule has 0 amide bonds. The normalized spacial score (nSPS) is 28.5. The van der Waals surface area contributed by atoms with Crippen LogP contribution < -0.4 is 0 Å². The average molecular weight is 197 g/mol. The highest BCUT2D eigenvalue weighted by molar-refractivity contribution is 7.13. The van der Waals surface area contributed by atoms with E-state index in [9.17, 15) is 9.90 Å². The number of carbonyl (C=O) groups excluding carboxylic acids is 1. The Morgan fingerprint density at radius 2 is 2.54 bits per heavy atom. The molecule has 4 heteroatoms. The Kier molecular flexibility index (Phi) is 2.17. The molecule has 1 N–H and O–H groups in total. The molecule has 0 bridgehead atoms. The van der Waals surface area contributed by atoms with Gasteiger partial charge >= 0.3 is 0 Å². The van der Waals surface area contributed by atoms with E-state index >= 15 is 0 Å². The Hall–Kier alpha value is -0.740. The molecule has 0 radical (unpaired) electrons. The second-order valence-corrected chi connectivity index (χ2v) is 4.63. The molecule has 1 saturated carbocycles. The minimum Gasteiger partial charge on any atom is -0.386 e. The van der Waals surface area contributed by atoms with Crippen molar-refractivity contribution in [3.05, 3.63) is 16.1 Å². The van der Waals surface area contributed by atoms with Gasteiger partial charge in [0.25, 0.3) is 0 Å². The van der Waals surface area contributed by atoms with Crippen molar-refractivity contribution in [1.29, 1.82) is 0 Å². The maximum Gasteiger partial charge on any atom is 0.161 e. The van der Waals surface area contributed by atoms with Crippen molar-refractivity contribution in [3.63, 3.8) is 0 Å². The lowest BCUT2D eigenvalue weighted by molar-refractivity contribution is 0.112. The van der Waals surface area contributed by atoms with E-state index < -0.39 is 6.10 Å². The summed E-state index contributed by atoms with van der Waals surface area (Å²) in [5, 5.41) is 10.4. The van der Waals surface area contributed by atoms with Crippen molar-refractivity contribution < 1.29 is 9.90 Å². The Balaban J connectivity index is 2.11. The van der Waals surface area contributed by atoms with Gasteiger partial charge in [-0.3, -0.25) is 4.79 Å². The molecule has 1 aromatic heterocycles. The molecule has 0 aliphatic heterocycles. The fourth-order valence-electron chi connectivity index (χ4n) is 1.47. The fourth-order valence-corrected chi connectivity index (χ4v) is 2.26. The summed E-state index contributed by atoms with van der Waals surface area (Å²) in [5.74, 6) is 0.948. The number of hydrogen-bond acceptors (Lipinski definition) is 4. The predicted molar refractivity (Wildman–Crippen MR) is 49.7 cm³/mol. The van der Waals surface area contributed by atoms with Gasteiger partial charge in [-0.25, -0.2) is 4.98 Å². The summed E-state index contributed by atoms with van der Waals surface area (Å²) in [6.45, 7) is 2.11. The van der Waals surface area contributed by atoms with Gasteiger partial charge < -0.3 is 5.11 Å². The van der Waals surface area contributed by atoms with E-state index in [-0.39, 0.29) is 0 Å². The van der Waals surface area contributed by atoms with Gasteiger partial charge in [0.05, 0.1) is 4.88 Å². The number of nitrogens with zero attached hydrogens (tertiary/aromatic N) is 1. The van der Waals surface area contributed by atoms with Crippen molar-refractivity contribution in [2.45, 2.75) is 19.4 Å². The van der Waals surface area contributed by atoms with Crippen molar-refractivity contribution in [2.24, 2.45) is 11.8 Å². The minimum atomic E-state index is -0.464. The van der Waals surface area contributed by atoms with Crippen LogP contribution in [0.15, 0.2) is 6.20 Å². The molecular weight excluding hydrogens is 186 g/mol. The molecule has 3 atom stereocenters. The van der Waals surface area contributed by atoms with E-state index in [1.807, 2.05) is 0 Å². The second-order valence-electron chi connectivity index (χ2n) is 3.54. The Morgan fingerprint density at radius 3 is 3.00 bits per heavy atom. The van der Waals surface area contributed by atoms with E-state index in [1.54, 1.807) is 0 Å². The maximum atomic E-state index is 10.4. The fraction of sp³-hybridized carbons (Fsp3) is 0.556. The number of aliphatic hydroxyl groups is 1. The lowest BCUT2D eigenvalue weighted by Crippen LogP contribution is -1.99. The second kappa shape index (κ2) is 3.20. The summed E-state index contributed by atoms with van der Waals surface area (Å²) >= 11 is 1.28. The van der Waals surface area contributed by atoms with Gasteiger partial charge in [-0.1, -0.05) is 6.92 Å². The molecule has 0 saturated heterocycles. The van der Waals surface area contributed by atoms with Gasteiger partial charge in [0, 0.05) is 6.20 Å². The first kappa shape index (κ1) is 8.84. The van der Waals surface area contributed by atoms with Crippen LogP contribution in [0.3, 0.4) is 0 Å². The predicted octanol–water partition coefficient (Wildman–Crippen LogP) is 1.65. The first-order valence-corrected chi connectivity index (χ1v) is 5.13. The summed E-state index contributed by atoms with van der Waals surface area (Å²) in [7, 11) is 0. The minimum absolute atomic E-state index is 0.352. The topological polar surface area (TPSA) is 50.2 Å². The van der Waals surface area contributed by atoms with Crippen LogP contribution in [-0.2, 0) is 0 Å². The van der Waals surface area contributed by atoms with E-state index in [0.717, 1.165) is 12.7 Å². The zero-order chi connectivity index (χ0) is 9.42. The largest absolute Gasteiger partial charge is 0.386 e. The van der Waals surface area contributed by atoms with E-state index in [4.69, 9.17) is 0 Å². The highest BCUT2D eigenvalue weighted by Crippen LogP contribution is 2.47. The number of thiazole rings is 1. The van der Waals surface area contributed by atoms with Gasteiger partial charge in [0.1, 0.15) is 11.1 Å². The molecule has 70 valence electrons. The highest BCUT2D eigenvalue weighted by atomic mass is 32.1. The molecule has 1 heterocycles. The molecule has 3 nitrogen and oxygen atoms in total. The van der Waals surface area contributed by atoms with Crippen LogP contribution in [0, 0.1) is 11.8 Å². The number of aromatic nitrogens is 1. The summed E-state index contributed by atoms with van der Waals surface area (Å²) in [6, 6.07) is 0. The third-order valence-corrected chi connectivity index (χ3v) is 3.48. The summed E-state index contributed by atoms with van der Waals surface area (Å²) in [6.07, 6.45) is 2.89. The first-order valence-electron chi connectivity index (χ1n) is 4.31. The monoisotopic (exact) mass is 197 g/mol. The molecule has 0 spiro atoms. The molecule has 1 fully saturated rings. The highest BCUT2D eigenvalue weighted by Gasteiger charge is 2.40. The van der Waals surface area contributed by atoms with Crippen molar-refractivity contribution in [3.8, 4) is 0 Å². The quantitative estimate of drug-likeness (QED) is 0.749. The van der Waals surface area contributed by atoms with E-state index in [2.05, 4.69) is 11.9 Å². The summed E-state index contributed by atoms with van der Waals surface area (Å²) in [5.41, 5.74) is 0. The molecule has 1 aromatic rings. The van der Waals surface area contributed by atoms with Crippen LogP contribution in [0.25, 0.3) is 0 Å². The third-order valence-electron chi connectivity index (χ3n) is 2.49. The Morgan fingerprint density at radius 1 is 1.85 bits per heavy atom. The van der Waals surface area contributed by atoms with Crippen molar-refractivity contribution in [1.82, 2.24) is 4.98 Å². The number of aliphatic hydroxyl groups excluding tert-OH is 1. The van der Waals surface area contributed by atoms with Crippen LogP contribution in [0.5, 0.6) is 0 Å². The molecule has 1 aliphatic carbocycles. The maximum absolute atomic E-state index is 10.4. The zero-order valence-electron chi connectivity index (χ0n) is 7.30. The van der Waals surface area contributed by atoms with Crippen LogP contribution in [0.1, 0.15) is 34.1 Å². The van der Waals surface area contributed by atoms with Gasteiger partial charge in [-0.15, -0.1) is 11.3 Å². The Labute approximate surface area is 80.4 Å². The number of hydrogen-bond donors (Lipinski definition) is 1. The summed E-state index contributed by atoms with van der Waals surface area (Å²) < 4.78 is 0. The van der Waals surface area contributed by atoms with Crippen LogP contribution >= 0.6 is 11.3 Å². The SMILES string of the molecule is CC1CC1C(O)c1ncc(C=O)s1. The zero-order valence-corrected chi connectivity index (χ0v) is 8.12. The molecule has 13 heavy (non-hydrogen) atoms. The lowest BCUT2D eigenvalue weighted by atomic mass is 10.2. The summed E-state index contributed by atoms with van der Waals surface area (Å²) in [4.78, 5) is 15.0. The van der Waals surface area contributed by atoms with Crippen molar-refractivity contribution >= 4 is 17.6 Å². The van der Waals surface area contributed by atoms with Crippen molar-refractivity contribution in [2.75, 3.05) is 0 Å². The smallest absolute Gasteiger partial charge is 0.161 e. The van der Waals surface area contributed by atoms with Crippen LogP contribution in [0.2, 0.25) is 0 Å². The van der Waals surface area contributed by atoms with Crippen LogP contribution in [0.4, 0.5) is 0 Å². The first-order chi connectivity index (χ1) is 6.22.